The molecule has 0 spiro atoms. The van der Waals surface area contributed by atoms with Crippen LogP contribution in [0.2, 0.25) is 0 Å². The van der Waals surface area contributed by atoms with Gasteiger partial charge in [-0.2, -0.15) is 0 Å². The van der Waals surface area contributed by atoms with E-state index in [0.717, 1.165) is 25.7 Å². The van der Waals surface area contributed by atoms with Gasteiger partial charge in [-0.3, -0.25) is 4.79 Å². The van der Waals surface area contributed by atoms with Gasteiger partial charge >= 0.3 is 0 Å². The van der Waals surface area contributed by atoms with Crippen LogP contribution in [-0.2, 0) is 14.6 Å². The highest BCUT2D eigenvalue weighted by molar-refractivity contribution is 7.91. The number of carbonyl (C=O) groups excluding carboxylic acids is 1. The van der Waals surface area contributed by atoms with Crippen LogP contribution in [0, 0.1) is 5.41 Å². The van der Waals surface area contributed by atoms with E-state index in [1.165, 1.54) is 0 Å². The number of sulfone groups is 1. The summed E-state index contributed by atoms with van der Waals surface area (Å²) in [5, 5.41) is 2.87. The summed E-state index contributed by atoms with van der Waals surface area (Å²) in [6.07, 6.45) is 4.26. The zero-order chi connectivity index (χ0) is 12.5. The first-order valence-corrected chi connectivity index (χ1v) is 8.01. The molecule has 98 valence electrons. The van der Waals surface area contributed by atoms with E-state index in [1.807, 2.05) is 0 Å². The molecule has 1 unspecified atom stereocenters. The van der Waals surface area contributed by atoms with Crippen LogP contribution in [0.1, 0.15) is 32.1 Å². The van der Waals surface area contributed by atoms with Crippen molar-refractivity contribution in [2.75, 3.05) is 18.1 Å². The Kier molecular flexibility index (Phi) is 3.45. The van der Waals surface area contributed by atoms with Gasteiger partial charge in [-0.25, -0.2) is 8.42 Å². The molecule has 2 rings (SSSR count). The fourth-order valence-corrected chi connectivity index (χ4v) is 4.50. The number of nitrogens with two attached hydrogens (primary N) is 1. The first-order chi connectivity index (χ1) is 7.97. The monoisotopic (exact) mass is 260 g/mol. The second kappa shape index (κ2) is 4.57. The smallest absolute Gasteiger partial charge is 0.227 e. The maximum Gasteiger partial charge on any atom is 0.227 e. The van der Waals surface area contributed by atoms with Gasteiger partial charge in [0.15, 0.2) is 9.84 Å². The Morgan fingerprint density at radius 2 is 2.00 bits per heavy atom. The molecule has 17 heavy (non-hydrogen) atoms. The minimum Gasteiger partial charge on any atom is -0.352 e. The van der Waals surface area contributed by atoms with Crippen LogP contribution >= 0.6 is 0 Å². The molecule has 1 saturated heterocycles. The minimum atomic E-state index is -2.94. The molecule has 1 atom stereocenters. The zero-order valence-corrected chi connectivity index (χ0v) is 10.8. The quantitative estimate of drug-likeness (QED) is 0.736. The van der Waals surface area contributed by atoms with Gasteiger partial charge in [-0.1, -0.05) is 12.8 Å². The van der Waals surface area contributed by atoms with E-state index < -0.39 is 15.3 Å². The minimum absolute atomic E-state index is 0.0420. The fraction of sp³-hybridized carbons (Fsp3) is 0.909. The van der Waals surface area contributed by atoms with Gasteiger partial charge in [0.25, 0.3) is 0 Å². The van der Waals surface area contributed by atoms with Gasteiger partial charge in [0, 0.05) is 12.6 Å². The third-order valence-electron chi connectivity index (χ3n) is 4.00. The first kappa shape index (κ1) is 12.8. The molecular formula is C11H20N2O3S. The SMILES string of the molecule is NCC1(C(=O)NC2CCS(=O)(=O)C2)CCCC1. The number of rotatable bonds is 3. The van der Waals surface area contributed by atoms with Crippen molar-refractivity contribution in [2.24, 2.45) is 11.1 Å². The van der Waals surface area contributed by atoms with Crippen molar-refractivity contribution in [2.45, 2.75) is 38.1 Å². The summed E-state index contributed by atoms with van der Waals surface area (Å²) in [5.41, 5.74) is 5.28. The molecule has 0 radical (unpaired) electrons. The Morgan fingerprint density at radius 3 is 2.47 bits per heavy atom. The topological polar surface area (TPSA) is 89.3 Å². The van der Waals surface area contributed by atoms with E-state index in [9.17, 15) is 13.2 Å². The van der Waals surface area contributed by atoms with Crippen molar-refractivity contribution in [1.82, 2.24) is 5.32 Å². The highest BCUT2D eigenvalue weighted by Crippen LogP contribution is 2.37. The standard InChI is InChI=1S/C11H20N2O3S/c12-8-11(4-1-2-5-11)10(14)13-9-3-6-17(15,16)7-9/h9H,1-8,12H2,(H,13,14). The molecule has 0 aromatic heterocycles. The number of hydrogen-bond acceptors (Lipinski definition) is 4. The molecule has 0 aromatic rings. The van der Waals surface area contributed by atoms with Gasteiger partial charge in [0.1, 0.15) is 0 Å². The van der Waals surface area contributed by atoms with Gasteiger partial charge in [0.05, 0.1) is 16.9 Å². The Labute approximate surface area is 102 Å². The normalized spacial score (nSPS) is 30.3. The van der Waals surface area contributed by atoms with Crippen molar-refractivity contribution in [1.29, 1.82) is 0 Å². The largest absolute Gasteiger partial charge is 0.352 e. The predicted octanol–water partition coefficient (Wildman–Crippen LogP) is -0.191. The molecule has 0 aromatic carbocycles. The lowest BCUT2D eigenvalue weighted by atomic mass is 9.85. The number of hydrogen-bond donors (Lipinski definition) is 2. The summed E-state index contributed by atoms with van der Waals surface area (Å²) < 4.78 is 22.6. The summed E-state index contributed by atoms with van der Waals surface area (Å²) in [4.78, 5) is 12.2. The van der Waals surface area contributed by atoms with E-state index in [0.29, 0.717) is 13.0 Å². The van der Waals surface area contributed by atoms with Crippen molar-refractivity contribution in [3.63, 3.8) is 0 Å². The van der Waals surface area contributed by atoms with Gasteiger partial charge in [0.2, 0.25) is 5.91 Å². The molecule has 1 aliphatic carbocycles. The van der Waals surface area contributed by atoms with Crippen molar-refractivity contribution >= 4 is 15.7 Å². The lowest BCUT2D eigenvalue weighted by Gasteiger charge is -2.27. The average Bonchev–Trinajstić information content (AvgIpc) is 2.86. The molecule has 1 aliphatic heterocycles. The molecular weight excluding hydrogens is 240 g/mol. The second-order valence-corrected chi connectivity index (χ2v) is 7.49. The van der Waals surface area contributed by atoms with Crippen LogP contribution < -0.4 is 11.1 Å². The van der Waals surface area contributed by atoms with Crippen molar-refractivity contribution < 1.29 is 13.2 Å². The summed E-state index contributed by atoms with van der Waals surface area (Å²) in [6.45, 7) is 0.359. The number of carbonyl (C=O) groups is 1. The lowest BCUT2D eigenvalue weighted by Crippen LogP contribution is -2.48. The maximum atomic E-state index is 12.2. The molecule has 6 heteroatoms. The van der Waals surface area contributed by atoms with Gasteiger partial charge < -0.3 is 11.1 Å². The van der Waals surface area contributed by atoms with Gasteiger partial charge in [-0.15, -0.1) is 0 Å². The molecule has 1 saturated carbocycles. The Balaban J connectivity index is 1.97. The van der Waals surface area contributed by atoms with Crippen LogP contribution in [0.25, 0.3) is 0 Å². The lowest BCUT2D eigenvalue weighted by molar-refractivity contribution is -0.130. The van der Waals surface area contributed by atoms with Crippen molar-refractivity contribution in [3.8, 4) is 0 Å². The molecule has 5 nitrogen and oxygen atoms in total. The van der Waals surface area contributed by atoms with E-state index in [4.69, 9.17) is 5.73 Å². The molecule has 3 N–H and O–H groups in total. The summed E-state index contributed by atoms with van der Waals surface area (Å²) >= 11 is 0. The predicted molar refractivity (Wildman–Crippen MR) is 65.2 cm³/mol. The Hall–Kier alpha value is -0.620. The van der Waals surface area contributed by atoms with Crippen LogP contribution in [0.15, 0.2) is 0 Å². The number of amides is 1. The summed E-state index contributed by atoms with van der Waals surface area (Å²) in [5.74, 6) is 0.229. The van der Waals surface area contributed by atoms with Crippen LogP contribution in [-0.4, -0.2) is 38.4 Å². The van der Waals surface area contributed by atoms with Crippen LogP contribution in [0.3, 0.4) is 0 Å². The molecule has 1 amide bonds. The highest BCUT2D eigenvalue weighted by atomic mass is 32.2. The molecule has 2 aliphatic rings. The summed E-state index contributed by atoms with van der Waals surface area (Å²) in [6, 6.07) is -0.212. The average molecular weight is 260 g/mol. The zero-order valence-electron chi connectivity index (χ0n) is 9.94. The maximum absolute atomic E-state index is 12.2. The van der Waals surface area contributed by atoms with Crippen molar-refractivity contribution in [3.05, 3.63) is 0 Å². The molecule has 1 heterocycles. The first-order valence-electron chi connectivity index (χ1n) is 6.19. The third kappa shape index (κ3) is 2.63. The Bertz CT molecular complexity index is 399. The molecule has 0 bridgehead atoms. The third-order valence-corrected chi connectivity index (χ3v) is 5.77. The molecule has 2 fully saturated rings. The van der Waals surface area contributed by atoms with E-state index in [1.54, 1.807) is 0 Å². The van der Waals surface area contributed by atoms with Gasteiger partial charge in [-0.05, 0) is 19.3 Å². The number of nitrogens with one attached hydrogen (secondary N) is 1. The fourth-order valence-electron chi connectivity index (χ4n) is 2.82. The second-order valence-electron chi connectivity index (χ2n) is 5.26. The van der Waals surface area contributed by atoms with Crippen LogP contribution in [0.4, 0.5) is 0 Å². The summed E-state index contributed by atoms with van der Waals surface area (Å²) in [7, 11) is -2.94. The Morgan fingerprint density at radius 1 is 1.35 bits per heavy atom. The van der Waals surface area contributed by atoms with E-state index in [2.05, 4.69) is 5.32 Å². The van der Waals surface area contributed by atoms with E-state index in [-0.39, 0.29) is 23.5 Å². The van der Waals surface area contributed by atoms with Crippen LogP contribution in [0.5, 0.6) is 0 Å². The van der Waals surface area contributed by atoms with E-state index >= 15 is 0 Å². The highest BCUT2D eigenvalue weighted by Gasteiger charge is 2.41.